The summed E-state index contributed by atoms with van der Waals surface area (Å²) in [6.07, 6.45) is 2.12. The van der Waals surface area contributed by atoms with Gasteiger partial charge >= 0.3 is 0 Å². The van der Waals surface area contributed by atoms with Crippen LogP contribution in [0, 0.1) is 0 Å². The molecule has 0 fully saturated rings. The molecule has 0 spiro atoms. The Kier molecular flexibility index (Phi) is 6.84. The van der Waals surface area contributed by atoms with Crippen LogP contribution >= 0.6 is 0 Å². The predicted octanol–water partition coefficient (Wildman–Crippen LogP) is 2.81. The molecule has 1 aliphatic carbocycles. The van der Waals surface area contributed by atoms with Gasteiger partial charge in [0.1, 0.15) is 5.75 Å². The number of methoxy groups -OCH3 is 4. The van der Waals surface area contributed by atoms with Crippen LogP contribution in [0.15, 0.2) is 18.2 Å². The van der Waals surface area contributed by atoms with Gasteiger partial charge in [0.05, 0.1) is 13.2 Å². The summed E-state index contributed by atoms with van der Waals surface area (Å²) < 4.78 is 21.6. The maximum absolute atomic E-state index is 5.66. The van der Waals surface area contributed by atoms with E-state index in [1.807, 2.05) is 6.07 Å². The normalized spacial score (nSPS) is 20.8. The molecular weight excluding hydrogens is 294 g/mol. The topological polar surface area (TPSA) is 40.2 Å². The van der Waals surface area contributed by atoms with E-state index in [2.05, 4.69) is 24.1 Å². The van der Waals surface area contributed by atoms with Gasteiger partial charge in [-0.05, 0) is 49.1 Å². The smallest absolute Gasteiger partial charge is 0.169 e. The minimum Gasteiger partial charge on any atom is -0.497 e. The fraction of sp³-hybridized carbons (Fsp3) is 0.667. The van der Waals surface area contributed by atoms with E-state index < -0.39 is 0 Å². The van der Waals surface area contributed by atoms with Gasteiger partial charge in [0.25, 0.3) is 0 Å². The molecule has 0 saturated carbocycles. The number of rotatable bonds is 8. The summed E-state index contributed by atoms with van der Waals surface area (Å²) in [4.78, 5) is 2.27. The lowest BCUT2D eigenvalue weighted by Crippen LogP contribution is -2.35. The van der Waals surface area contributed by atoms with Crippen LogP contribution in [0.1, 0.15) is 36.0 Å². The quantitative estimate of drug-likeness (QED) is 0.688. The van der Waals surface area contributed by atoms with E-state index in [1.165, 1.54) is 11.1 Å². The molecule has 0 amide bonds. The van der Waals surface area contributed by atoms with Gasteiger partial charge < -0.3 is 23.8 Å². The Hall–Kier alpha value is -1.14. The average Bonchev–Trinajstić information content (AvgIpc) is 2.59. The van der Waals surface area contributed by atoms with Crippen LogP contribution in [0.25, 0.3) is 0 Å². The lowest BCUT2D eigenvalue weighted by atomic mass is 9.80. The average molecular weight is 323 g/mol. The van der Waals surface area contributed by atoms with E-state index in [0.29, 0.717) is 5.92 Å². The maximum Gasteiger partial charge on any atom is 0.169 e. The van der Waals surface area contributed by atoms with Crippen molar-refractivity contribution in [2.45, 2.75) is 31.2 Å². The number of nitrogens with zero attached hydrogens (tertiary/aromatic N) is 1. The Morgan fingerprint density at radius 1 is 1.09 bits per heavy atom. The maximum atomic E-state index is 5.66. The van der Waals surface area contributed by atoms with Crippen LogP contribution in [0.2, 0.25) is 0 Å². The van der Waals surface area contributed by atoms with Crippen molar-refractivity contribution in [3.63, 3.8) is 0 Å². The Bertz CT molecular complexity index is 490. The van der Waals surface area contributed by atoms with Gasteiger partial charge in [-0.2, -0.15) is 0 Å². The lowest BCUT2D eigenvalue weighted by Gasteiger charge is -2.34. The van der Waals surface area contributed by atoms with Crippen molar-refractivity contribution in [2.24, 2.45) is 0 Å². The zero-order valence-electron chi connectivity index (χ0n) is 14.9. The molecule has 2 atom stereocenters. The van der Waals surface area contributed by atoms with Gasteiger partial charge in [-0.3, -0.25) is 0 Å². The van der Waals surface area contributed by atoms with Gasteiger partial charge in [-0.25, -0.2) is 0 Å². The highest BCUT2D eigenvalue weighted by Crippen LogP contribution is 2.41. The number of benzene rings is 1. The van der Waals surface area contributed by atoms with Crippen LogP contribution in [-0.2, 0) is 14.2 Å². The van der Waals surface area contributed by atoms with E-state index in [9.17, 15) is 0 Å². The van der Waals surface area contributed by atoms with Crippen molar-refractivity contribution in [2.75, 3.05) is 48.6 Å². The second-order valence-corrected chi connectivity index (χ2v) is 6.12. The fourth-order valence-corrected chi connectivity index (χ4v) is 3.38. The molecule has 0 bridgehead atoms. The Morgan fingerprint density at radius 3 is 2.43 bits per heavy atom. The summed E-state index contributed by atoms with van der Waals surface area (Å²) in [6, 6.07) is 6.34. The van der Waals surface area contributed by atoms with E-state index in [1.54, 1.807) is 28.4 Å². The zero-order valence-corrected chi connectivity index (χ0v) is 14.9. The molecule has 0 heterocycles. The molecule has 1 aromatic rings. The molecular formula is C18H29NO4. The largest absolute Gasteiger partial charge is 0.497 e. The number of likely N-dealkylation sites (N-methyl/N-ethyl adjacent to an activating group) is 1. The van der Waals surface area contributed by atoms with E-state index in [-0.39, 0.29) is 12.4 Å². The Balaban J connectivity index is 2.12. The van der Waals surface area contributed by atoms with Crippen molar-refractivity contribution in [3.8, 4) is 5.75 Å². The number of hydrogen-bond acceptors (Lipinski definition) is 5. The highest BCUT2D eigenvalue weighted by Gasteiger charge is 2.28. The van der Waals surface area contributed by atoms with Gasteiger partial charge in [0.2, 0.25) is 0 Å². The lowest BCUT2D eigenvalue weighted by molar-refractivity contribution is -0.114. The van der Waals surface area contributed by atoms with Crippen LogP contribution in [0.4, 0.5) is 0 Å². The van der Waals surface area contributed by atoms with Gasteiger partial charge in [0.15, 0.2) is 6.29 Å². The first-order chi connectivity index (χ1) is 11.1. The first kappa shape index (κ1) is 18.2. The third-order valence-corrected chi connectivity index (χ3v) is 4.66. The summed E-state index contributed by atoms with van der Waals surface area (Å²) in [6.45, 7) is 1.72. The third-order valence-electron chi connectivity index (χ3n) is 4.66. The molecule has 130 valence electrons. The number of fused-ring (bicyclic) bond motifs is 1. The van der Waals surface area contributed by atoms with E-state index in [4.69, 9.17) is 18.9 Å². The SMILES string of the molecule is COc1ccc2c(c1)C(OC)CCC2CN(C)CC(OC)OC. The second kappa shape index (κ2) is 8.64. The second-order valence-electron chi connectivity index (χ2n) is 6.12. The van der Waals surface area contributed by atoms with Crippen molar-refractivity contribution in [1.82, 2.24) is 4.90 Å². The standard InChI is InChI=1S/C18H29NO4/c1-19(12-18(22-4)23-5)11-13-6-9-17(21-3)16-10-14(20-2)7-8-15(13)16/h7-8,10,13,17-18H,6,9,11-12H2,1-5H3. The monoisotopic (exact) mass is 323 g/mol. The highest BCUT2D eigenvalue weighted by molar-refractivity contribution is 5.41. The van der Waals surface area contributed by atoms with Gasteiger partial charge in [-0.15, -0.1) is 0 Å². The Morgan fingerprint density at radius 2 is 1.83 bits per heavy atom. The van der Waals surface area contributed by atoms with Crippen molar-refractivity contribution >= 4 is 0 Å². The molecule has 2 unspecified atom stereocenters. The molecule has 2 rings (SSSR count). The predicted molar refractivity (Wildman–Crippen MR) is 90.0 cm³/mol. The number of hydrogen-bond donors (Lipinski definition) is 0. The first-order valence-electron chi connectivity index (χ1n) is 8.07. The van der Waals surface area contributed by atoms with Crippen molar-refractivity contribution < 1.29 is 18.9 Å². The summed E-state index contributed by atoms with van der Waals surface area (Å²) >= 11 is 0. The highest BCUT2D eigenvalue weighted by atomic mass is 16.7. The Labute approximate surface area is 139 Å². The summed E-state index contributed by atoms with van der Waals surface area (Å²) in [5, 5.41) is 0. The van der Waals surface area contributed by atoms with E-state index in [0.717, 1.165) is 31.7 Å². The van der Waals surface area contributed by atoms with Crippen molar-refractivity contribution in [3.05, 3.63) is 29.3 Å². The molecule has 0 saturated heterocycles. The van der Waals surface area contributed by atoms with Gasteiger partial charge in [0, 0.05) is 34.4 Å². The molecule has 5 heteroatoms. The summed E-state index contributed by atoms with van der Waals surface area (Å²) in [5.74, 6) is 1.38. The minimum atomic E-state index is -0.189. The molecule has 0 radical (unpaired) electrons. The summed E-state index contributed by atoms with van der Waals surface area (Å²) in [7, 11) is 8.94. The third kappa shape index (κ3) is 4.44. The van der Waals surface area contributed by atoms with Crippen LogP contribution in [0.3, 0.4) is 0 Å². The van der Waals surface area contributed by atoms with Crippen LogP contribution in [-0.4, -0.2) is 59.8 Å². The molecule has 0 N–H and O–H groups in total. The van der Waals surface area contributed by atoms with Crippen LogP contribution in [0.5, 0.6) is 5.75 Å². The molecule has 1 aromatic carbocycles. The summed E-state index contributed by atoms with van der Waals surface area (Å²) in [5.41, 5.74) is 2.62. The molecule has 5 nitrogen and oxygen atoms in total. The molecule has 0 aliphatic heterocycles. The molecule has 23 heavy (non-hydrogen) atoms. The van der Waals surface area contributed by atoms with Crippen molar-refractivity contribution in [1.29, 1.82) is 0 Å². The molecule has 1 aliphatic rings. The first-order valence-corrected chi connectivity index (χ1v) is 8.07. The zero-order chi connectivity index (χ0) is 16.8. The molecule has 0 aromatic heterocycles. The minimum absolute atomic E-state index is 0.160. The van der Waals surface area contributed by atoms with E-state index >= 15 is 0 Å². The fourth-order valence-electron chi connectivity index (χ4n) is 3.38. The van der Waals surface area contributed by atoms with Crippen LogP contribution < -0.4 is 4.74 Å². The van der Waals surface area contributed by atoms with Gasteiger partial charge in [-0.1, -0.05) is 6.07 Å². The number of ether oxygens (including phenoxy) is 4.